The van der Waals surface area contributed by atoms with Crippen LogP contribution in [0.1, 0.15) is 31.0 Å². The molecule has 196 valence electrons. The molecule has 36 heavy (non-hydrogen) atoms. The van der Waals surface area contributed by atoms with Crippen LogP contribution in [0.25, 0.3) is 0 Å². The Balaban J connectivity index is 0.00000152. The lowest BCUT2D eigenvalue weighted by molar-refractivity contribution is -0.117. The molecule has 0 bridgehead atoms. The maximum Gasteiger partial charge on any atom is 0.252 e. The zero-order valence-corrected chi connectivity index (χ0v) is 22.4. The van der Waals surface area contributed by atoms with Crippen molar-refractivity contribution in [1.82, 2.24) is 19.8 Å². The third-order valence-corrected chi connectivity index (χ3v) is 8.25. The van der Waals surface area contributed by atoms with Gasteiger partial charge in [0.1, 0.15) is 5.82 Å². The van der Waals surface area contributed by atoms with Crippen LogP contribution in [-0.4, -0.2) is 71.5 Å². The Labute approximate surface area is 227 Å². The number of carbonyl (C=O) groups excluding carboxylic acids is 1. The van der Waals surface area contributed by atoms with E-state index in [1.54, 1.807) is 17.0 Å². The second-order valence-electron chi connectivity index (χ2n) is 9.40. The average Bonchev–Trinajstić information content (AvgIpc) is 2.87. The quantitative estimate of drug-likeness (QED) is 0.582. The van der Waals surface area contributed by atoms with Gasteiger partial charge >= 0.3 is 0 Å². The third-order valence-electron chi connectivity index (χ3n) is 7.25. The molecular weight excluding hydrogens is 523 g/mol. The molecule has 1 fully saturated rings. The number of hydrogen-bond acceptors (Lipinski definition) is 8. The normalized spacial score (nSPS) is 21.3. The molecule has 1 unspecified atom stereocenters. The smallest absolute Gasteiger partial charge is 0.252 e. The molecule has 2 aromatic rings. The first-order valence-corrected chi connectivity index (χ1v) is 13.1. The fraction of sp³-hybridized carbons (Fsp3) is 0.542. The van der Waals surface area contributed by atoms with Crippen LogP contribution in [0.15, 0.2) is 34.1 Å². The molecule has 4 aliphatic rings. The molecule has 12 heteroatoms. The van der Waals surface area contributed by atoms with Crippen LogP contribution in [0, 0.1) is 0 Å². The van der Waals surface area contributed by atoms with Crippen LogP contribution in [0.3, 0.4) is 0 Å². The number of hydrogen-bond donors (Lipinski definition) is 2. The molecule has 0 spiro atoms. The number of anilines is 2. The number of halogens is 2. The lowest BCUT2D eigenvalue weighted by Gasteiger charge is -2.42. The van der Waals surface area contributed by atoms with E-state index in [0.29, 0.717) is 19.1 Å². The van der Waals surface area contributed by atoms with Crippen LogP contribution in [-0.2, 0) is 11.3 Å². The summed E-state index contributed by atoms with van der Waals surface area (Å²) in [4.78, 5) is 35.1. The molecule has 2 N–H and O–H groups in total. The number of fused-ring (bicyclic) bond motifs is 1. The van der Waals surface area contributed by atoms with Crippen LogP contribution in [0.5, 0.6) is 5.75 Å². The molecule has 1 amide bonds. The molecule has 6 rings (SSSR count). The van der Waals surface area contributed by atoms with Crippen LogP contribution >= 0.6 is 36.6 Å². The Morgan fingerprint density at radius 1 is 1.14 bits per heavy atom. The number of thioether (sulfide) groups is 1. The molecule has 0 aliphatic carbocycles. The Hall–Kier alpha value is -1.98. The highest BCUT2D eigenvalue weighted by atomic mass is 35.5. The molecule has 0 radical (unpaired) electrons. The fourth-order valence-corrected chi connectivity index (χ4v) is 6.32. The first-order valence-electron chi connectivity index (χ1n) is 12.2. The second kappa shape index (κ2) is 11.6. The van der Waals surface area contributed by atoms with Gasteiger partial charge in [0.15, 0.2) is 5.75 Å². The maximum absolute atomic E-state index is 12.8. The minimum absolute atomic E-state index is 0. The molecular formula is C24H32Cl2N6O3S. The average molecular weight is 556 g/mol. The van der Waals surface area contributed by atoms with Crippen molar-refractivity contribution in [2.24, 2.45) is 0 Å². The number of pyridine rings is 2. The van der Waals surface area contributed by atoms with E-state index in [4.69, 9.17) is 4.74 Å². The molecule has 6 heterocycles. The molecule has 9 nitrogen and oxygen atoms in total. The van der Waals surface area contributed by atoms with Gasteiger partial charge in [-0.05, 0) is 44.5 Å². The summed E-state index contributed by atoms with van der Waals surface area (Å²) in [5, 5.41) is 6.85. The predicted molar refractivity (Wildman–Crippen MR) is 146 cm³/mol. The number of nitrogens with one attached hydrogen (secondary N) is 2. The zero-order chi connectivity index (χ0) is 23.1. The third kappa shape index (κ3) is 5.33. The topological polar surface area (TPSA) is 91.7 Å². The predicted octanol–water partition coefficient (Wildman–Crippen LogP) is 2.53. The summed E-state index contributed by atoms with van der Waals surface area (Å²) in [6.07, 6.45) is 4.80. The van der Waals surface area contributed by atoms with Crippen molar-refractivity contribution in [2.45, 2.75) is 42.8 Å². The van der Waals surface area contributed by atoms with E-state index in [1.807, 2.05) is 22.5 Å². The lowest BCUT2D eigenvalue weighted by atomic mass is 10.0. The van der Waals surface area contributed by atoms with E-state index in [0.717, 1.165) is 80.7 Å². The zero-order valence-electron chi connectivity index (χ0n) is 20.0. The standard InChI is InChI=1S/C24H30N6O3S.2ClH/c31-22-2-1-19-24-29(23(32)14-27-19)8-5-18(30(22)24)15-28-6-3-16(4-7-28)25-12-17-11-21-20(13-26-17)33-9-10-34-21;;/h1-2,11,13,16,18,25,27H,3-10,12,14-15H2;2*1H. The summed E-state index contributed by atoms with van der Waals surface area (Å²) in [6.45, 7) is 5.34. The van der Waals surface area contributed by atoms with E-state index < -0.39 is 0 Å². The van der Waals surface area contributed by atoms with Crippen molar-refractivity contribution in [1.29, 1.82) is 0 Å². The highest BCUT2D eigenvalue weighted by Gasteiger charge is 2.35. The molecule has 0 saturated carbocycles. The maximum atomic E-state index is 12.8. The number of piperidine rings is 1. The minimum atomic E-state index is -0.0254. The second-order valence-corrected chi connectivity index (χ2v) is 10.5. The molecule has 0 aromatic carbocycles. The largest absolute Gasteiger partial charge is 0.490 e. The fourth-order valence-electron chi connectivity index (χ4n) is 5.46. The Morgan fingerprint density at radius 2 is 1.97 bits per heavy atom. The molecule has 2 aromatic heterocycles. The lowest BCUT2D eigenvalue weighted by Crippen LogP contribution is -2.51. The molecule has 1 atom stereocenters. The number of ether oxygens (including phenoxy) is 1. The van der Waals surface area contributed by atoms with E-state index in [2.05, 4.69) is 26.6 Å². The van der Waals surface area contributed by atoms with Crippen molar-refractivity contribution in [2.75, 3.05) is 55.3 Å². The summed E-state index contributed by atoms with van der Waals surface area (Å²) in [5.41, 5.74) is 1.91. The summed E-state index contributed by atoms with van der Waals surface area (Å²) in [7, 11) is 0. The SMILES string of the molecule is Cl.Cl.O=C1CNc2ccc(=O)n3c2N1CCC3CN1CCC(NCc2cc3c(cn2)OCCS3)CC1. The van der Waals surface area contributed by atoms with E-state index in [9.17, 15) is 9.59 Å². The van der Waals surface area contributed by atoms with Crippen LogP contribution in [0.2, 0.25) is 0 Å². The first kappa shape index (κ1) is 27.1. The summed E-state index contributed by atoms with van der Waals surface area (Å²) >= 11 is 1.83. The van der Waals surface area contributed by atoms with Crippen molar-refractivity contribution in [3.63, 3.8) is 0 Å². The van der Waals surface area contributed by atoms with Gasteiger partial charge in [0.25, 0.3) is 5.56 Å². The van der Waals surface area contributed by atoms with Gasteiger partial charge in [0.2, 0.25) is 5.91 Å². The van der Waals surface area contributed by atoms with Gasteiger partial charge in [-0.3, -0.25) is 24.0 Å². The van der Waals surface area contributed by atoms with Crippen molar-refractivity contribution in [3.05, 3.63) is 40.4 Å². The number of likely N-dealkylation sites (tertiary alicyclic amines) is 1. The van der Waals surface area contributed by atoms with E-state index >= 15 is 0 Å². The van der Waals surface area contributed by atoms with Crippen molar-refractivity contribution in [3.8, 4) is 5.75 Å². The van der Waals surface area contributed by atoms with Gasteiger partial charge in [0, 0.05) is 37.5 Å². The Bertz CT molecular complexity index is 1160. The molecule has 4 aliphatic heterocycles. The molecule has 1 saturated heterocycles. The van der Waals surface area contributed by atoms with Gasteiger partial charge in [-0.2, -0.15) is 0 Å². The number of amides is 1. The monoisotopic (exact) mass is 554 g/mol. The van der Waals surface area contributed by atoms with Crippen molar-refractivity contribution < 1.29 is 9.53 Å². The highest BCUT2D eigenvalue weighted by molar-refractivity contribution is 7.99. The minimum Gasteiger partial charge on any atom is -0.490 e. The summed E-state index contributed by atoms with van der Waals surface area (Å²) in [6, 6.07) is 6.12. The van der Waals surface area contributed by atoms with Gasteiger partial charge in [-0.15, -0.1) is 36.6 Å². The first-order chi connectivity index (χ1) is 16.7. The summed E-state index contributed by atoms with van der Waals surface area (Å²) in [5.74, 6) is 2.68. The van der Waals surface area contributed by atoms with E-state index in [1.165, 1.54) is 4.90 Å². The van der Waals surface area contributed by atoms with Crippen LogP contribution < -0.4 is 25.8 Å². The number of carbonyl (C=O) groups is 1. The van der Waals surface area contributed by atoms with Gasteiger partial charge in [-0.25, -0.2) is 0 Å². The van der Waals surface area contributed by atoms with Gasteiger partial charge in [0.05, 0.1) is 41.7 Å². The van der Waals surface area contributed by atoms with Gasteiger partial charge < -0.3 is 20.3 Å². The number of nitrogens with zero attached hydrogens (tertiary/aromatic N) is 4. The Kier molecular flexibility index (Phi) is 8.72. The van der Waals surface area contributed by atoms with E-state index in [-0.39, 0.29) is 42.3 Å². The Morgan fingerprint density at radius 3 is 2.81 bits per heavy atom. The summed E-state index contributed by atoms with van der Waals surface area (Å²) < 4.78 is 7.49. The van der Waals surface area contributed by atoms with Crippen LogP contribution in [0.4, 0.5) is 11.5 Å². The number of rotatable bonds is 5. The van der Waals surface area contributed by atoms with Crippen molar-refractivity contribution >= 4 is 54.0 Å². The number of aromatic nitrogens is 2. The highest BCUT2D eigenvalue weighted by Crippen LogP contribution is 2.36. The van der Waals surface area contributed by atoms with Gasteiger partial charge in [-0.1, -0.05) is 0 Å².